The fourth-order valence-electron chi connectivity index (χ4n) is 1.74. The number of hydrogen-bond acceptors (Lipinski definition) is 2. The van der Waals surface area contributed by atoms with Crippen LogP contribution in [-0.4, -0.2) is 13.2 Å². The van der Waals surface area contributed by atoms with E-state index in [0.29, 0.717) is 19.8 Å². The quantitative estimate of drug-likeness (QED) is 0.375. The van der Waals surface area contributed by atoms with Crippen LogP contribution in [0.2, 0.25) is 0 Å². The van der Waals surface area contributed by atoms with Crippen LogP contribution >= 0.6 is 0 Å². The second kappa shape index (κ2) is 9.19. The van der Waals surface area contributed by atoms with Crippen molar-refractivity contribution < 1.29 is 9.47 Å². The summed E-state index contributed by atoms with van der Waals surface area (Å²) in [7, 11) is 0. The molecule has 0 bridgehead atoms. The molecule has 0 fully saturated rings. The summed E-state index contributed by atoms with van der Waals surface area (Å²) in [6.45, 7) is 13.7. The van der Waals surface area contributed by atoms with E-state index in [9.17, 15) is 0 Å². The van der Waals surface area contributed by atoms with Gasteiger partial charge in [0.25, 0.3) is 0 Å². The van der Waals surface area contributed by atoms with Crippen LogP contribution in [-0.2, 0) is 16.1 Å². The molecule has 2 heteroatoms. The van der Waals surface area contributed by atoms with Gasteiger partial charge in [-0.3, -0.25) is 0 Å². The van der Waals surface area contributed by atoms with Gasteiger partial charge in [-0.1, -0.05) is 42.5 Å². The van der Waals surface area contributed by atoms with Crippen molar-refractivity contribution in [1.82, 2.24) is 0 Å². The molecule has 1 aromatic carbocycles. The van der Waals surface area contributed by atoms with E-state index in [1.807, 2.05) is 18.2 Å². The zero-order valence-electron chi connectivity index (χ0n) is 13.6. The fraction of sp³-hybridized carbons (Fsp3) is 0.368. The van der Waals surface area contributed by atoms with Crippen LogP contribution in [0, 0.1) is 0 Å². The molecule has 0 aliphatic carbocycles. The van der Waals surface area contributed by atoms with Crippen molar-refractivity contribution in [1.29, 1.82) is 0 Å². The highest BCUT2D eigenvalue weighted by molar-refractivity contribution is 5.47. The van der Waals surface area contributed by atoms with E-state index >= 15 is 0 Å². The summed E-state index contributed by atoms with van der Waals surface area (Å²) in [5.74, 6) is 0.939. The Morgan fingerprint density at radius 1 is 1.05 bits per heavy atom. The lowest BCUT2D eigenvalue weighted by atomic mass is 10.1. The third-order valence-electron chi connectivity index (χ3n) is 2.88. The van der Waals surface area contributed by atoms with Gasteiger partial charge in [0.1, 0.15) is 12.4 Å². The predicted octanol–water partition coefficient (Wildman–Crippen LogP) is 5.12. The summed E-state index contributed by atoms with van der Waals surface area (Å²) < 4.78 is 11.4. The van der Waals surface area contributed by atoms with Crippen molar-refractivity contribution >= 4 is 6.08 Å². The fourth-order valence-corrected chi connectivity index (χ4v) is 1.74. The number of ether oxygens (including phenoxy) is 2. The van der Waals surface area contributed by atoms with Gasteiger partial charge in [0.05, 0.1) is 13.2 Å². The van der Waals surface area contributed by atoms with Gasteiger partial charge in [-0.2, -0.15) is 0 Å². The normalized spacial score (nSPS) is 9.90. The molecule has 1 aromatic rings. The van der Waals surface area contributed by atoms with E-state index < -0.39 is 0 Å². The van der Waals surface area contributed by atoms with Gasteiger partial charge >= 0.3 is 0 Å². The zero-order valence-corrected chi connectivity index (χ0v) is 13.6. The number of rotatable bonds is 8. The van der Waals surface area contributed by atoms with Crippen LogP contribution in [0.15, 0.2) is 53.8 Å². The Labute approximate surface area is 128 Å². The first kappa shape index (κ1) is 17.3. The van der Waals surface area contributed by atoms with Crippen LogP contribution < -0.4 is 0 Å². The predicted molar refractivity (Wildman–Crippen MR) is 89.9 cm³/mol. The van der Waals surface area contributed by atoms with Crippen molar-refractivity contribution in [3.8, 4) is 0 Å². The minimum Gasteiger partial charge on any atom is -0.491 e. The summed E-state index contributed by atoms with van der Waals surface area (Å²) in [6, 6.07) is 8.20. The van der Waals surface area contributed by atoms with Gasteiger partial charge in [0.15, 0.2) is 0 Å². The molecule has 114 valence electrons. The Kier molecular flexibility index (Phi) is 7.55. The van der Waals surface area contributed by atoms with E-state index in [1.54, 1.807) is 0 Å². The molecule has 0 aliphatic rings. The van der Waals surface area contributed by atoms with Crippen LogP contribution in [0.1, 0.15) is 38.8 Å². The summed E-state index contributed by atoms with van der Waals surface area (Å²) >= 11 is 0. The molecule has 0 amide bonds. The molecule has 2 nitrogen and oxygen atoms in total. The molecule has 21 heavy (non-hydrogen) atoms. The second-order valence-electron chi connectivity index (χ2n) is 5.43. The van der Waals surface area contributed by atoms with Crippen molar-refractivity contribution in [3.63, 3.8) is 0 Å². The van der Waals surface area contributed by atoms with E-state index in [2.05, 4.69) is 52.5 Å². The molecule has 0 unspecified atom stereocenters. The lowest BCUT2D eigenvalue weighted by molar-refractivity contribution is 0.0685. The van der Waals surface area contributed by atoms with Gasteiger partial charge in [-0.25, -0.2) is 0 Å². The maximum absolute atomic E-state index is 5.75. The Morgan fingerprint density at radius 3 is 2.24 bits per heavy atom. The first-order chi connectivity index (χ1) is 10.0. The molecule has 0 aliphatic heterocycles. The lowest BCUT2D eigenvalue weighted by Crippen LogP contribution is -2.04. The largest absolute Gasteiger partial charge is 0.491 e. The summed E-state index contributed by atoms with van der Waals surface area (Å²) in [5, 5.41) is 0. The second-order valence-corrected chi connectivity index (χ2v) is 5.43. The highest BCUT2D eigenvalue weighted by atomic mass is 16.5. The standard InChI is InChI=1S/C19H26O2/c1-6-17-7-9-18(10-8-17)14-20-11-12-21-19(16(4)5)13-15(2)3/h6-10,13H,1,11-12,14H2,2-5H3. The Bertz CT molecular complexity index is 499. The van der Waals surface area contributed by atoms with Crippen LogP contribution in [0.4, 0.5) is 0 Å². The molecule has 0 aromatic heterocycles. The van der Waals surface area contributed by atoms with E-state index in [4.69, 9.17) is 9.47 Å². The molecule has 0 saturated carbocycles. The van der Waals surface area contributed by atoms with Gasteiger partial charge in [-0.05, 0) is 50.5 Å². The third kappa shape index (κ3) is 6.96. The minimum atomic E-state index is 0.565. The maximum Gasteiger partial charge on any atom is 0.117 e. The van der Waals surface area contributed by atoms with E-state index in [1.165, 1.54) is 11.1 Å². The molecule has 0 radical (unpaired) electrons. The third-order valence-corrected chi connectivity index (χ3v) is 2.88. The van der Waals surface area contributed by atoms with Gasteiger partial charge in [-0.15, -0.1) is 0 Å². The Balaban J connectivity index is 2.32. The summed E-state index contributed by atoms with van der Waals surface area (Å²) in [6.07, 6.45) is 3.89. The molecular formula is C19H26O2. The monoisotopic (exact) mass is 286 g/mol. The molecule has 1 rings (SSSR count). The number of hydrogen-bond donors (Lipinski definition) is 0. The molecule has 0 N–H and O–H groups in total. The summed E-state index contributed by atoms with van der Waals surface area (Å²) in [5.41, 5.74) is 4.69. The van der Waals surface area contributed by atoms with Crippen LogP contribution in [0.3, 0.4) is 0 Å². The average molecular weight is 286 g/mol. The van der Waals surface area contributed by atoms with Crippen molar-refractivity contribution in [2.24, 2.45) is 0 Å². The highest BCUT2D eigenvalue weighted by Gasteiger charge is 1.98. The minimum absolute atomic E-state index is 0.565. The Hall–Kier alpha value is -1.80. The van der Waals surface area contributed by atoms with Crippen molar-refractivity contribution in [2.45, 2.75) is 34.3 Å². The first-order valence-electron chi connectivity index (χ1n) is 7.27. The highest BCUT2D eigenvalue weighted by Crippen LogP contribution is 2.10. The van der Waals surface area contributed by atoms with Crippen molar-refractivity contribution in [2.75, 3.05) is 13.2 Å². The topological polar surface area (TPSA) is 18.5 Å². The van der Waals surface area contributed by atoms with Crippen LogP contribution in [0.5, 0.6) is 0 Å². The van der Waals surface area contributed by atoms with E-state index in [0.717, 1.165) is 16.9 Å². The summed E-state index contributed by atoms with van der Waals surface area (Å²) in [4.78, 5) is 0. The maximum atomic E-state index is 5.75. The van der Waals surface area contributed by atoms with Gasteiger partial charge in [0.2, 0.25) is 0 Å². The average Bonchev–Trinajstić information content (AvgIpc) is 2.45. The van der Waals surface area contributed by atoms with Crippen LogP contribution in [0.25, 0.3) is 6.08 Å². The molecule has 0 heterocycles. The smallest absolute Gasteiger partial charge is 0.117 e. The van der Waals surface area contributed by atoms with Crippen molar-refractivity contribution in [3.05, 3.63) is 65.0 Å². The molecule has 0 atom stereocenters. The van der Waals surface area contributed by atoms with Gasteiger partial charge < -0.3 is 9.47 Å². The SMILES string of the molecule is C=Cc1ccc(COCCOC(C=C(C)C)=C(C)C)cc1. The number of allylic oxidation sites excluding steroid dienone is 3. The number of benzene rings is 1. The molecular weight excluding hydrogens is 260 g/mol. The lowest BCUT2D eigenvalue weighted by Gasteiger charge is -2.10. The first-order valence-corrected chi connectivity index (χ1v) is 7.27. The molecule has 0 saturated heterocycles. The molecule has 0 spiro atoms. The van der Waals surface area contributed by atoms with Gasteiger partial charge in [0, 0.05) is 0 Å². The Morgan fingerprint density at radius 2 is 1.71 bits per heavy atom. The van der Waals surface area contributed by atoms with E-state index in [-0.39, 0.29) is 0 Å². The zero-order chi connectivity index (χ0) is 15.7.